The predicted octanol–water partition coefficient (Wildman–Crippen LogP) is 2.24. The third-order valence-corrected chi connectivity index (χ3v) is 3.07. The number of hydrogen-bond acceptors (Lipinski definition) is 3. The van der Waals surface area contributed by atoms with Crippen LogP contribution in [0.3, 0.4) is 0 Å². The second-order valence-corrected chi connectivity index (χ2v) is 4.24. The van der Waals surface area contributed by atoms with E-state index in [1.54, 1.807) is 6.07 Å². The molecule has 0 amide bonds. The summed E-state index contributed by atoms with van der Waals surface area (Å²) in [4.78, 5) is 3.90. The van der Waals surface area contributed by atoms with Gasteiger partial charge < -0.3 is 9.84 Å². The highest BCUT2D eigenvalue weighted by molar-refractivity contribution is 5.47. The zero-order chi connectivity index (χ0) is 12.5. The third-order valence-electron chi connectivity index (χ3n) is 3.07. The molecule has 1 aromatic carbocycles. The molecular weight excluding hydrogens is 233 g/mol. The summed E-state index contributed by atoms with van der Waals surface area (Å²) in [5.41, 5.74) is 2.19. The summed E-state index contributed by atoms with van der Waals surface area (Å²) >= 11 is 0. The van der Waals surface area contributed by atoms with Crippen molar-refractivity contribution >= 4 is 0 Å². The minimum Gasteiger partial charge on any atom is -0.493 e. The standard InChI is InChI=1S/C14H12FNO2/c15-10-4-5-12(16-8-10)13(17)11-3-1-2-9-6-7-18-14(9)11/h1-5,8,13,17H,6-7H2. The zero-order valence-corrected chi connectivity index (χ0v) is 9.64. The van der Waals surface area contributed by atoms with E-state index in [9.17, 15) is 9.50 Å². The summed E-state index contributed by atoms with van der Waals surface area (Å²) in [6, 6.07) is 8.44. The molecule has 1 aliphatic heterocycles. The van der Waals surface area contributed by atoms with Gasteiger partial charge in [-0.3, -0.25) is 4.98 Å². The number of hydrogen-bond donors (Lipinski definition) is 1. The zero-order valence-electron chi connectivity index (χ0n) is 9.64. The molecule has 0 fully saturated rings. The number of nitrogens with zero attached hydrogens (tertiary/aromatic N) is 1. The van der Waals surface area contributed by atoms with Crippen molar-refractivity contribution in [3.05, 3.63) is 59.2 Å². The van der Waals surface area contributed by atoms with Gasteiger partial charge in [-0.15, -0.1) is 0 Å². The number of aliphatic hydroxyl groups is 1. The molecule has 92 valence electrons. The Morgan fingerprint density at radius 2 is 2.17 bits per heavy atom. The van der Waals surface area contributed by atoms with Crippen molar-refractivity contribution in [2.45, 2.75) is 12.5 Å². The van der Waals surface area contributed by atoms with Crippen LogP contribution in [0.4, 0.5) is 4.39 Å². The van der Waals surface area contributed by atoms with Crippen LogP contribution < -0.4 is 4.74 Å². The quantitative estimate of drug-likeness (QED) is 0.882. The lowest BCUT2D eigenvalue weighted by molar-refractivity contribution is 0.209. The number of aromatic nitrogens is 1. The van der Waals surface area contributed by atoms with Crippen LogP contribution in [0.5, 0.6) is 5.75 Å². The Kier molecular flexibility index (Phi) is 2.72. The van der Waals surface area contributed by atoms with Gasteiger partial charge in [0.2, 0.25) is 0 Å². The Bertz CT molecular complexity index is 569. The van der Waals surface area contributed by atoms with Crippen molar-refractivity contribution in [2.75, 3.05) is 6.61 Å². The fourth-order valence-electron chi connectivity index (χ4n) is 2.16. The van der Waals surface area contributed by atoms with Gasteiger partial charge in [0.05, 0.1) is 18.5 Å². The van der Waals surface area contributed by atoms with Crippen LogP contribution in [0.2, 0.25) is 0 Å². The van der Waals surface area contributed by atoms with Gasteiger partial charge in [-0.25, -0.2) is 4.39 Å². The Hall–Kier alpha value is -1.94. The number of benzene rings is 1. The van der Waals surface area contributed by atoms with Crippen molar-refractivity contribution in [2.24, 2.45) is 0 Å². The first-order valence-electron chi connectivity index (χ1n) is 5.80. The number of rotatable bonds is 2. The highest BCUT2D eigenvalue weighted by Crippen LogP contribution is 2.35. The molecule has 2 aromatic rings. The highest BCUT2D eigenvalue weighted by Gasteiger charge is 2.22. The topological polar surface area (TPSA) is 42.4 Å². The molecule has 0 aliphatic carbocycles. The first-order valence-corrected chi connectivity index (χ1v) is 5.80. The van der Waals surface area contributed by atoms with Gasteiger partial charge in [0, 0.05) is 12.0 Å². The van der Waals surface area contributed by atoms with Crippen molar-refractivity contribution in [3.63, 3.8) is 0 Å². The predicted molar refractivity (Wildman–Crippen MR) is 63.9 cm³/mol. The SMILES string of the molecule is OC(c1ccc(F)cn1)c1cccc2c1OCC2. The van der Waals surface area contributed by atoms with Crippen molar-refractivity contribution in [1.29, 1.82) is 0 Å². The van der Waals surface area contributed by atoms with Crippen LogP contribution in [0.15, 0.2) is 36.5 Å². The molecule has 2 heterocycles. The van der Waals surface area contributed by atoms with E-state index in [-0.39, 0.29) is 0 Å². The number of ether oxygens (including phenoxy) is 1. The minimum absolute atomic E-state index is 0.416. The molecule has 1 aromatic heterocycles. The van der Waals surface area contributed by atoms with E-state index in [1.807, 2.05) is 12.1 Å². The Morgan fingerprint density at radius 3 is 2.94 bits per heavy atom. The number of aliphatic hydroxyl groups excluding tert-OH is 1. The van der Waals surface area contributed by atoms with Gasteiger partial charge in [-0.05, 0) is 17.7 Å². The van der Waals surface area contributed by atoms with Crippen LogP contribution >= 0.6 is 0 Å². The summed E-state index contributed by atoms with van der Waals surface area (Å²) in [6.45, 7) is 0.635. The van der Waals surface area contributed by atoms with Crippen molar-refractivity contribution in [1.82, 2.24) is 4.98 Å². The van der Waals surface area contributed by atoms with E-state index in [1.165, 1.54) is 12.1 Å². The van der Waals surface area contributed by atoms with Crippen LogP contribution in [0, 0.1) is 5.82 Å². The molecule has 1 N–H and O–H groups in total. The number of pyridine rings is 1. The van der Waals surface area contributed by atoms with E-state index in [4.69, 9.17) is 4.74 Å². The molecule has 3 nitrogen and oxygen atoms in total. The lowest BCUT2D eigenvalue weighted by Crippen LogP contribution is -2.04. The average Bonchev–Trinajstić information content (AvgIpc) is 2.87. The van der Waals surface area contributed by atoms with Crippen LogP contribution in [0.25, 0.3) is 0 Å². The van der Waals surface area contributed by atoms with Gasteiger partial charge in [0.25, 0.3) is 0 Å². The van der Waals surface area contributed by atoms with Crippen LogP contribution in [-0.4, -0.2) is 16.7 Å². The van der Waals surface area contributed by atoms with Gasteiger partial charge in [0.1, 0.15) is 17.7 Å². The Balaban J connectivity index is 2.00. The lowest BCUT2D eigenvalue weighted by Gasteiger charge is -2.14. The molecule has 18 heavy (non-hydrogen) atoms. The van der Waals surface area contributed by atoms with Crippen LogP contribution in [0.1, 0.15) is 22.9 Å². The first-order chi connectivity index (χ1) is 8.75. The molecule has 1 atom stereocenters. The summed E-state index contributed by atoms with van der Waals surface area (Å²) in [5.74, 6) is 0.316. The lowest BCUT2D eigenvalue weighted by atomic mass is 10.0. The summed E-state index contributed by atoms with van der Waals surface area (Å²) in [7, 11) is 0. The molecule has 0 spiro atoms. The first kappa shape index (κ1) is 11.2. The normalized spacial score (nSPS) is 15.0. The molecule has 0 saturated heterocycles. The van der Waals surface area contributed by atoms with E-state index in [2.05, 4.69) is 4.98 Å². The minimum atomic E-state index is -0.890. The number of para-hydroxylation sites is 1. The van der Waals surface area contributed by atoms with E-state index < -0.39 is 11.9 Å². The second-order valence-electron chi connectivity index (χ2n) is 4.24. The Labute approximate surface area is 104 Å². The van der Waals surface area contributed by atoms with Gasteiger partial charge in [0.15, 0.2) is 0 Å². The number of halogens is 1. The highest BCUT2D eigenvalue weighted by atomic mass is 19.1. The van der Waals surface area contributed by atoms with Gasteiger partial charge in [-0.2, -0.15) is 0 Å². The molecule has 4 heteroatoms. The summed E-state index contributed by atoms with van der Waals surface area (Å²) < 4.78 is 18.3. The average molecular weight is 245 g/mol. The van der Waals surface area contributed by atoms with E-state index in [0.29, 0.717) is 17.9 Å². The van der Waals surface area contributed by atoms with Crippen molar-refractivity contribution < 1.29 is 14.2 Å². The monoisotopic (exact) mass is 245 g/mol. The second kappa shape index (κ2) is 4.38. The summed E-state index contributed by atoms with van der Waals surface area (Å²) in [5, 5.41) is 10.3. The maximum Gasteiger partial charge on any atom is 0.141 e. The Morgan fingerprint density at radius 1 is 1.28 bits per heavy atom. The number of fused-ring (bicyclic) bond motifs is 1. The maximum atomic E-state index is 12.8. The smallest absolute Gasteiger partial charge is 0.141 e. The van der Waals surface area contributed by atoms with E-state index >= 15 is 0 Å². The molecular formula is C14H12FNO2. The largest absolute Gasteiger partial charge is 0.493 e. The molecule has 0 bridgehead atoms. The molecule has 1 aliphatic rings. The fourth-order valence-corrected chi connectivity index (χ4v) is 2.16. The fraction of sp³-hybridized carbons (Fsp3) is 0.214. The third kappa shape index (κ3) is 1.84. The summed E-state index contributed by atoms with van der Waals surface area (Å²) in [6.07, 6.45) is 1.06. The van der Waals surface area contributed by atoms with Gasteiger partial charge in [-0.1, -0.05) is 18.2 Å². The molecule has 0 radical (unpaired) electrons. The van der Waals surface area contributed by atoms with Gasteiger partial charge >= 0.3 is 0 Å². The van der Waals surface area contributed by atoms with E-state index in [0.717, 1.165) is 23.9 Å². The molecule has 1 unspecified atom stereocenters. The van der Waals surface area contributed by atoms with Crippen LogP contribution in [-0.2, 0) is 6.42 Å². The molecule has 0 saturated carbocycles. The van der Waals surface area contributed by atoms with Crippen molar-refractivity contribution in [3.8, 4) is 5.75 Å². The maximum absolute atomic E-state index is 12.8. The molecule has 3 rings (SSSR count).